The van der Waals surface area contributed by atoms with Crippen LogP contribution in [-0.4, -0.2) is 26.2 Å². The Hall–Kier alpha value is -3.09. The van der Waals surface area contributed by atoms with Gasteiger partial charge in [-0.3, -0.25) is 14.8 Å². The number of hydrogen-bond donors (Lipinski definition) is 0. The smallest absolute Gasteiger partial charge is 0.266 e. The maximum atomic E-state index is 13.0. The standard InChI is InChI=1S/C20H16N6OS2.C2H6/c1-13-3-4-14(15(9-13)10-21)12-28-20-24-25(2)17-11-23-26(19(27)18(17)29-20)16-5-7-22-8-6-16;1-2/h3-9,11H,12H2,1-2H3;1-2H3. The monoisotopic (exact) mass is 450 g/mol. The molecule has 0 atom stereocenters. The van der Waals surface area contributed by atoms with E-state index in [1.54, 1.807) is 42.8 Å². The van der Waals surface area contributed by atoms with Crippen molar-refractivity contribution in [2.24, 2.45) is 5.10 Å². The lowest BCUT2D eigenvalue weighted by molar-refractivity contribution is 0.770. The van der Waals surface area contributed by atoms with E-state index in [9.17, 15) is 10.1 Å². The van der Waals surface area contributed by atoms with Crippen molar-refractivity contribution in [2.45, 2.75) is 31.4 Å². The largest absolute Gasteiger partial charge is 0.287 e. The van der Waals surface area contributed by atoms with E-state index in [-0.39, 0.29) is 5.56 Å². The Bertz CT molecular complexity index is 1200. The van der Waals surface area contributed by atoms with E-state index < -0.39 is 0 Å². The Balaban J connectivity index is 0.00000132. The SMILES string of the molecule is CC.Cc1ccc(CSC2=NN(C)c3cnn(-c4ccncc4)c(=O)c3S2)c(C#N)c1. The van der Waals surface area contributed by atoms with Gasteiger partial charge in [0.2, 0.25) is 0 Å². The van der Waals surface area contributed by atoms with Crippen molar-refractivity contribution in [3.8, 4) is 11.8 Å². The van der Waals surface area contributed by atoms with Crippen LogP contribution in [0.3, 0.4) is 0 Å². The topological polar surface area (TPSA) is 87.2 Å². The van der Waals surface area contributed by atoms with Gasteiger partial charge in [-0.1, -0.05) is 49.5 Å². The van der Waals surface area contributed by atoms with Crippen molar-refractivity contribution >= 4 is 33.6 Å². The highest BCUT2D eigenvalue weighted by molar-refractivity contribution is 8.38. The summed E-state index contributed by atoms with van der Waals surface area (Å²) < 4.78 is 2.11. The molecule has 0 amide bonds. The van der Waals surface area contributed by atoms with Gasteiger partial charge in [0.1, 0.15) is 4.90 Å². The summed E-state index contributed by atoms with van der Waals surface area (Å²) in [5.74, 6) is 0.599. The molecule has 3 heterocycles. The summed E-state index contributed by atoms with van der Waals surface area (Å²) in [5.41, 5.74) is 3.79. The molecule has 0 fully saturated rings. The molecule has 0 saturated carbocycles. The number of fused-ring (bicyclic) bond motifs is 1. The average Bonchev–Trinajstić information content (AvgIpc) is 2.80. The summed E-state index contributed by atoms with van der Waals surface area (Å²) >= 11 is 2.84. The number of pyridine rings is 1. The zero-order valence-electron chi connectivity index (χ0n) is 17.7. The number of hydrazone groups is 1. The van der Waals surface area contributed by atoms with Crippen LogP contribution in [0.15, 0.2) is 63.7 Å². The number of benzene rings is 1. The Morgan fingerprint density at radius 2 is 1.94 bits per heavy atom. The molecule has 2 aromatic heterocycles. The summed E-state index contributed by atoms with van der Waals surface area (Å²) in [4.78, 5) is 17.6. The van der Waals surface area contributed by atoms with Crippen LogP contribution in [0.5, 0.6) is 0 Å². The van der Waals surface area contributed by atoms with Crippen LogP contribution in [0, 0.1) is 18.3 Å². The second-order valence-electron chi connectivity index (χ2n) is 6.33. The molecule has 158 valence electrons. The maximum Gasteiger partial charge on any atom is 0.287 e. The lowest BCUT2D eigenvalue weighted by Crippen LogP contribution is -2.28. The summed E-state index contributed by atoms with van der Waals surface area (Å²) in [6, 6.07) is 11.6. The van der Waals surface area contributed by atoms with Crippen LogP contribution in [0.4, 0.5) is 5.69 Å². The van der Waals surface area contributed by atoms with Crippen molar-refractivity contribution in [3.05, 3.63) is 76.0 Å². The molecule has 3 aromatic rings. The second-order valence-corrected chi connectivity index (χ2v) is 8.56. The normalized spacial score (nSPS) is 12.2. The van der Waals surface area contributed by atoms with Gasteiger partial charge in [0.15, 0.2) is 4.38 Å². The van der Waals surface area contributed by atoms with E-state index in [1.165, 1.54) is 28.2 Å². The van der Waals surface area contributed by atoms with Crippen LogP contribution < -0.4 is 10.6 Å². The molecule has 1 aliphatic heterocycles. The Labute approximate surface area is 189 Å². The Morgan fingerprint density at radius 3 is 2.65 bits per heavy atom. The molecule has 1 aromatic carbocycles. The van der Waals surface area contributed by atoms with Gasteiger partial charge in [0.25, 0.3) is 5.56 Å². The molecule has 0 spiro atoms. The van der Waals surface area contributed by atoms with Crippen LogP contribution in [0.2, 0.25) is 0 Å². The van der Waals surface area contributed by atoms with Gasteiger partial charge in [-0.25, -0.2) is 0 Å². The molecule has 31 heavy (non-hydrogen) atoms. The summed E-state index contributed by atoms with van der Waals surface area (Å²) in [6.07, 6.45) is 4.89. The number of hydrogen-bond acceptors (Lipinski definition) is 8. The first-order valence-corrected chi connectivity index (χ1v) is 11.5. The lowest BCUT2D eigenvalue weighted by Gasteiger charge is -2.23. The first-order chi connectivity index (χ1) is 15.1. The van der Waals surface area contributed by atoms with Gasteiger partial charge in [-0.15, -0.1) is 0 Å². The highest BCUT2D eigenvalue weighted by atomic mass is 32.2. The Morgan fingerprint density at radius 1 is 1.19 bits per heavy atom. The molecule has 0 aliphatic carbocycles. The maximum absolute atomic E-state index is 13.0. The van der Waals surface area contributed by atoms with E-state index in [2.05, 4.69) is 21.3 Å². The minimum Gasteiger partial charge on any atom is -0.266 e. The first-order valence-electron chi connectivity index (χ1n) is 9.72. The van der Waals surface area contributed by atoms with E-state index in [4.69, 9.17) is 0 Å². The lowest BCUT2D eigenvalue weighted by atomic mass is 10.1. The fourth-order valence-corrected chi connectivity index (χ4v) is 5.00. The molecule has 4 rings (SSSR count). The molecule has 9 heteroatoms. The zero-order chi connectivity index (χ0) is 22.4. The molecule has 7 nitrogen and oxygen atoms in total. The van der Waals surface area contributed by atoms with Crippen LogP contribution in [0.25, 0.3) is 5.69 Å². The van der Waals surface area contributed by atoms with E-state index >= 15 is 0 Å². The number of nitriles is 1. The molecule has 0 radical (unpaired) electrons. The van der Waals surface area contributed by atoms with Gasteiger partial charge < -0.3 is 0 Å². The number of anilines is 1. The van der Waals surface area contributed by atoms with E-state index in [0.29, 0.717) is 27.6 Å². The van der Waals surface area contributed by atoms with Crippen molar-refractivity contribution in [1.29, 1.82) is 5.26 Å². The predicted molar refractivity (Wildman–Crippen MR) is 128 cm³/mol. The molecule has 0 unspecified atom stereocenters. The molecular weight excluding hydrogens is 428 g/mol. The second kappa shape index (κ2) is 10.3. The van der Waals surface area contributed by atoms with Gasteiger partial charge >= 0.3 is 0 Å². The van der Waals surface area contributed by atoms with Crippen molar-refractivity contribution < 1.29 is 0 Å². The minimum absolute atomic E-state index is 0.202. The van der Waals surface area contributed by atoms with Crippen LogP contribution >= 0.6 is 23.5 Å². The van der Waals surface area contributed by atoms with E-state index in [0.717, 1.165) is 15.5 Å². The predicted octanol–water partition coefficient (Wildman–Crippen LogP) is 4.58. The van der Waals surface area contributed by atoms with Crippen LogP contribution in [-0.2, 0) is 5.75 Å². The molecule has 0 saturated heterocycles. The number of rotatable bonds is 3. The summed E-state index contributed by atoms with van der Waals surface area (Å²) in [5, 5.41) is 19.9. The van der Waals surface area contributed by atoms with Gasteiger partial charge in [0.05, 0.1) is 29.2 Å². The van der Waals surface area contributed by atoms with Crippen molar-refractivity contribution in [1.82, 2.24) is 14.8 Å². The van der Waals surface area contributed by atoms with Crippen molar-refractivity contribution in [2.75, 3.05) is 12.1 Å². The zero-order valence-corrected chi connectivity index (χ0v) is 19.4. The van der Waals surface area contributed by atoms with Gasteiger partial charge in [-0.05, 0) is 36.2 Å². The molecule has 0 bridgehead atoms. The Kier molecular flexibility index (Phi) is 7.50. The molecule has 0 N–H and O–H groups in total. The van der Waals surface area contributed by atoms with E-state index in [1.807, 2.05) is 39.0 Å². The van der Waals surface area contributed by atoms with Gasteiger partial charge in [-0.2, -0.15) is 20.1 Å². The van der Waals surface area contributed by atoms with Crippen molar-refractivity contribution in [3.63, 3.8) is 0 Å². The third-order valence-electron chi connectivity index (χ3n) is 4.33. The number of nitrogens with zero attached hydrogens (tertiary/aromatic N) is 6. The third kappa shape index (κ3) is 4.98. The minimum atomic E-state index is -0.202. The quantitative estimate of drug-likeness (QED) is 0.577. The molecule has 1 aliphatic rings. The summed E-state index contributed by atoms with van der Waals surface area (Å²) in [7, 11) is 1.80. The number of thioether (sulfide) groups is 2. The molecular formula is C22H22N6OS2. The fraction of sp³-hybridized carbons (Fsp3) is 0.227. The summed E-state index contributed by atoms with van der Waals surface area (Å²) in [6.45, 7) is 5.96. The first kappa shape index (κ1) is 22.6. The number of aryl methyl sites for hydroxylation is 1. The fourth-order valence-electron chi connectivity index (χ4n) is 2.83. The highest BCUT2D eigenvalue weighted by Gasteiger charge is 2.23. The average molecular weight is 451 g/mol. The van der Waals surface area contributed by atoms with Gasteiger partial charge in [0, 0.05) is 25.2 Å². The van der Waals surface area contributed by atoms with Crippen LogP contribution in [0.1, 0.15) is 30.5 Å². The highest BCUT2D eigenvalue weighted by Crippen LogP contribution is 2.36. The third-order valence-corrected chi connectivity index (χ3v) is 6.56. The number of aromatic nitrogens is 3.